The molecule has 35 heavy (non-hydrogen) atoms. The van der Waals surface area contributed by atoms with Gasteiger partial charge in [-0.1, -0.05) is 0 Å². The Hall–Kier alpha value is -2.97. The fourth-order valence-electron chi connectivity index (χ4n) is 4.76. The van der Waals surface area contributed by atoms with E-state index in [1.54, 1.807) is 11.0 Å². The van der Waals surface area contributed by atoms with Gasteiger partial charge >= 0.3 is 18.2 Å². The minimum Gasteiger partial charge on any atom is -0.465 e. The number of rotatable bonds is 5. The number of carbonyl (C=O) groups is 3. The summed E-state index contributed by atoms with van der Waals surface area (Å²) in [6, 6.07) is 5.30. The number of fused-ring (bicyclic) bond motifs is 3. The van der Waals surface area contributed by atoms with Crippen LogP contribution in [0.3, 0.4) is 0 Å². The number of nitrogens with zero attached hydrogens (tertiary/aromatic N) is 1. The van der Waals surface area contributed by atoms with Crippen LogP contribution < -0.4 is 10.6 Å². The lowest BCUT2D eigenvalue weighted by atomic mass is 9.80. The van der Waals surface area contributed by atoms with E-state index in [9.17, 15) is 14.4 Å². The molecule has 2 N–H and O–H groups in total. The number of likely N-dealkylation sites (tertiary alicyclic amines) is 1. The number of anilines is 1. The fourth-order valence-corrected chi connectivity index (χ4v) is 4.76. The predicted molar refractivity (Wildman–Crippen MR) is 132 cm³/mol. The van der Waals surface area contributed by atoms with Gasteiger partial charge in [0.15, 0.2) is 0 Å². The molecule has 9 heteroatoms. The smallest absolute Gasteiger partial charge is 0.410 e. The summed E-state index contributed by atoms with van der Waals surface area (Å²) in [5, 5.41) is 6.42. The molecule has 1 saturated heterocycles. The van der Waals surface area contributed by atoms with Gasteiger partial charge in [-0.25, -0.2) is 14.4 Å². The van der Waals surface area contributed by atoms with Crippen molar-refractivity contribution < 1.29 is 28.6 Å². The van der Waals surface area contributed by atoms with Crippen molar-refractivity contribution in [1.29, 1.82) is 0 Å². The average molecular weight is 490 g/mol. The van der Waals surface area contributed by atoms with Crippen molar-refractivity contribution in [2.75, 3.05) is 25.5 Å². The molecule has 194 valence electrons. The average Bonchev–Trinajstić information content (AvgIpc) is 3.19. The lowest BCUT2D eigenvalue weighted by Crippen LogP contribution is -2.43. The number of amides is 2. The third kappa shape index (κ3) is 6.80. The lowest BCUT2D eigenvalue weighted by Gasteiger charge is -2.40. The lowest BCUT2D eigenvalue weighted by molar-refractivity contribution is 0.0197. The maximum atomic E-state index is 13.1. The Morgan fingerprint density at radius 2 is 1.77 bits per heavy atom. The third-order valence-electron chi connectivity index (χ3n) is 6.08. The number of alkyl carbamates (subject to hydrolysis) is 1. The predicted octanol–water partition coefficient (Wildman–Crippen LogP) is 4.87. The van der Waals surface area contributed by atoms with Crippen LogP contribution in [0, 0.1) is 5.92 Å². The molecule has 2 aliphatic rings. The third-order valence-corrected chi connectivity index (χ3v) is 6.08. The molecule has 2 amide bonds. The molecule has 3 atom stereocenters. The molecule has 9 nitrogen and oxygen atoms in total. The van der Waals surface area contributed by atoms with Gasteiger partial charge in [0.1, 0.15) is 11.2 Å². The summed E-state index contributed by atoms with van der Waals surface area (Å²) in [6.07, 6.45) is 1.58. The monoisotopic (exact) mass is 489 g/mol. The molecule has 0 saturated carbocycles. The molecule has 0 unspecified atom stereocenters. The number of hydrogen-bond donors (Lipinski definition) is 2. The second-order valence-electron chi connectivity index (χ2n) is 11.2. The van der Waals surface area contributed by atoms with E-state index in [1.807, 2.05) is 53.7 Å². The summed E-state index contributed by atoms with van der Waals surface area (Å²) in [7, 11) is 1.35. The van der Waals surface area contributed by atoms with Crippen molar-refractivity contribution in [1.82, 2.24) is 10.2 Å². The second-order valence-corrected chi connectivity index (χ2v) is 11.2. The van der Waals surface area contributed by atoms with Gasteiger partial charge in [-0.15, -0.1) is 0 Å². The van der Waals surface area contributed by atoms with Gasteiger partial charge in [0.25, 0.3) is 0 Å². The highest BCUT2D eigenvalue weighted by Crippen LogP contribution is 2.48. The Morgan fingerprint density at radius 3 is 2.40 bits per heavy atom. The zero-order valence-corrected chi connectivity index (χ0v) is 21.9. The van der Waals surface area contributed by atoms with Crippen LogP contribution in [0.5, 0.6) is 0 Å². The molecule has 0 aromatic heterocycles. The van der Waals surface area contributed by atoms with Gasteiger partial charge in [0.2, 0.25) is 0 Å². The zero-order valence-electron chi connectivity index (χ0n) is 21.9. The van der Waals surface area contributed by atoms with Crippen LogP contribution >= 0.6 is 0 Å². The number of esters is 1. The standard InChI is InChI=1S/C26H39N3O6/c1-25(2,3)34-23(31)27-13-8-9-19-17-12-14-29(24(32)35-26(4,5)6)21(17)18-15-16(22(30)33-7)10-11-20(18)28-19/h10-11,15,17,19,21,28H,8-9,12-14H2,1-7H3,(H,27,31)/t17-,19+,21-/m0/s1. The number of ether oxygens (including phenoxy) is 3. The first-order valence-electron chi connectivity index (χ1n) is 12.2. The first kappa shape index (κ1) is 26.6. The number of carbonyl (C=O) groups excluding carboxylic acids is 3. The maximum Gasteiger partial charge on any atom is 0.410 e. The first-order valence-corrected chi connectivity index (χ1v) is 12.2. The van der Waals surface area contributed by atoms with Crippen LogP contribution in [0.15, 0.2) is 18.2 Å². The van der Waals surface area contributed by atoms with Crippen molar-refractivity contribution in [2.24, 2.45) is 5.92 Å². The number of hydrogen-bond acceptors (Lipinski definition) is 7. The van der Waals surface area contributed by atoms with E-state index in [-0.39, 0.29) is 24.1 Å². The molecule has 2 heterocycles. The van der Waals surface area contributed by atoms with Crippen molar-refractivity contribution in [3.63, 3.8) is 0 Å². The van der Waals surface area contributed by atoms with Crippen LogP contribution in [-0.2, 0) is 14.2 Å². The molecule has 0 spiro atoms. The number of methoxy groups -OCH3 is 1. The maximum absolute atomic E-state index is 13.1. The van der Waals surface area contributed by atoms with E-state index in [0.29, 0.717) is 18.7 Å². The van der Waals surface area contributed by atoms with E-state index in [0.717, 1.165) is 30.5 Å². The Morgan fingerprint density at radius 1 is 1.09 bits per heavy atom. The van der Waals surface area contributed by atoms with Crippen molar-refractivity contribution in [3.05, 3.63) is 29.3 Å². The van der Waals surface area contributed by atoms with Gasteiger partial charge in [0, 0.05) is 30.7 Å². The van der Waals surface area contributed by atoms with Crippen LogP contribution in [0.1, 0.15) is 82.8 Å². The SMILES string of the molecule is COC(=O)c1ccc2c(c1)[C@@H]1[C@@H](CCN1C(=O)OC(C)(C)C)[C@@H](CCCNC(=O)OC(C)(C)C)N2. The van der Waals surface area contributed by atoms with Crippen LogP contribution in [-0.4, -0.2) is 60.5 Å². The summed E-state index contributed by atoms with van der Waals surface area (Å²) in [4.78, 5) is 39.0. The van der Waals surface area contributed by atoms with E-state index < -0.39 is 23.3 Å². The first-order chi connectivity index (χ1) is 16.3. The largest absolute Gasteiger partial charge is 0.465 e. The van der Waals surface area contributed by atoms with E-state index in [1.165, 1.54) is 7.11 Å². The summed E-state index contributed by atoms with van der Waals surface area (Å²) in [5.74, 6) is -0.272. The molecule has 1 fully saturated rings. The molecule has 0 bridgehead atoms. The Balaban J connectivity index is 1.77. The summed E-state index contributed by atoms with van der Waals surface area (Å²) in [5.41, 5.74) is 1.09. The molecule has 0 aliphatic carbocycles. The second kappa shape index (κ2) is 10.3. The summed E-state index contributed by atoms with van der Waals surface area (Å²) < 4.78 is 15.9. The number of nitrogens with one attached hydrogen (secondary N) is 2. The fraction of sp³-hybridized carbons (Fsp3) is 0.654. The number of benzene rings is 1. The highest BCUT2D eigenvalue weighted by molar-refractivity contribution is 5.90. The molecule has 1 aromatic carbocycles. The van der Waals surface area contributed by atoms with Gasteiger partial charge in [0.05, 0.1) is 18.7 Å². The minimum absolute atomic E-state index is 0.101. The van der Waals surface area contributed by atoms with Gasteiger partial charge in [-0.2, -0.15) is 0 Å². The summed E-state index contributed by atoms with van der Waals surface area (Å²) in [6.45, 7) is 12.1. The minimum atomic E-state index is -0.606. The Labute approximate surface area is 207 Å². The molecular weight excluding hydrogens is 450 g/mol. The van der Waals surface area contributed by atoms with Gasteiger partial charge in [-0.05, 0) is 84.6 Å². The molecular formula is C26H39N3O6. The van der Waals surface area contributed by atoms with Crippen molar-refractivity contribution in [2.45, 2.75) is 84.1 Å². The van der Waals surface area contributed by atoms with Crippen LogP contribution in [0.4, 0.5) is 15.3 Å². The van der Waals surface area contributed by atoms with E-state index >= 15 is 0 Å². The Bertz CT molecular complexity index is 949. The molecule has 3 rings (SSSR count). The summed E-state index contributed by atoms with van der Waals surface area (Å²) >= 11 is 0. The van der Waals surface area contributed by atoms with Gasteiger partial charge in [-0.3, -0.25) is 0 Å². The normalized spacial score (nSPS) is 21.3. The van der Waals surface area contributed by atoms with Gasteiger partial charge < -0.3 is 29.7 Å². The van der Waals surface area contributed by atoms with Crippen molar-refractivity contribution in [3.8, 4) is 0 Å². The van der Waals surface area contributed by atoms with E-state index in [4.69, 9.17) is 14.2 Å². The van der Waals surface area contributed by atoms with Crippen LogP contribution in [0.25, 0.3) is 0 Å². The van der Waals surface area contributed by atoms with Crippen molar-refractivity contribution >= 4 is 23.8 Å². The quantitative estimate of drug-likeness (QED) is 0.345. The zero-order chi connectivity index (χ0) is 26.0. The molecule has 1 aromatic rings. The Kier molecular flexibility index (Phi) is 7.87. The van der Waals surface area contributed by atoms with Crippen LogP contribution in [0.2, 0.25) is 0 Å². The topological polar surface area (TPSA) is 106 Å². The highest BCUT2D eigenvalue weighted by atomic mass is 16.6. The molecule has 0 radical (unpaired) electrons. The molecule has 2 aliphatic heterocycles. The highest BCUT2D eigenvalue weighted by Gasteiger charge is 2.47. The van der Waals surface area contributed by atoms with E-state index in [2.05, 4.69) is 10.6 Å².